The highest BCUT2D eigenvalue weighted by Gasteiger charge is 2.18. The normalized spacial score (nSPS) is 12.2. The zero-order valence-electron chi connectivity index (χ0n) is 11.7. The van der Waals surface area contributed by atoms with E-state index in [2.05, 4.69) is 17.1 Å². The Kier molecular flexibility index (Phi) is 3.69. The zero-order valence-corrected chi connectivity index (χ0v) is 11.7. The van der Waals surface area contributed by atoms with Gasteiger partial charge in [-0.3, -0.25) is 9.36 Å². The number of ether oxygens (including phenoxy) is 1. The van der Waals surface area contributed by atoms with Crippen LogP contribution in [0.15, 0.2) is 30.9 Å². The maximum Gasteiger partial charge on any atom is 0.272 e. The standard InChI is InChI=1S/C15H18N2O2/c1-10-7-11(2)14(12(3)8-10)19-13(4)15(18)17-6-5-16-9-17/h5-9,13H,1-4H3. The Bertz CT molecular complexity index is 565. The molecule has 0 radical (unpaired) electrons. The first kappa shape index (κ1) is 13.3. The van der Waals surface area contributed by atoms with Crippen molar-refractivity contribution in [2.75, 3.05) is 0 Å². The number of aryl methyl sites for hydroxylation is 3. The van der Waals surface area contributed by atoms with E-state index in [1.807, 2.05) is 20.8 Å². The molecular weight excluding hydrogens is 240 g/mol. The van der Waals surface area contributed by atoms with Crippen molar-refractivity contribution in [3.8, 4) is 5.75 Å². The molecule has 0 amide bonds. The summed E-state index contributed by atoms with van der Waals surface area (Å²) in [5.41, 5.74) is 3.28. The fourth-order valence-corrected chi connectivity index (χ4v) is 2.18. The minimum atomic E-state index is -0.547. The van der Waals surface area contributed by atoms with Gasteiger partial charge in [0.05, 0.1) is 0 Å². The Balaban J connectivity index is 2.20. The third-order valence-corrected chi connectivity index (χ3v) is 3.01. The third kappa shape index (κ3) is 2.84. The molecule has 2 aromatic rings. The zero-order chi connectivity index (χ0) is 14.0. The molecule has 1 aromatic carbocycles. The quantitative estimate of drug-likeness (QED) is 0.850. The molecule has 0 N–H and O–H groups in total. The average molecular weight is 258 g/mol. The van der Waals surface area contributed by atoms with Crippen molar-refractivity contribution in [2.45, 2.75) is 33.8 Å². The molecule has 100 valence electrons. The van der Waals surface area contributed by atoms with Crippen LogP contribution in [0.5, 0.6) is 5.75 Å². The molecule has 0 aliphatic heterocycles. The Morgan fingerprint density at radius 3 is 2.42 bits per heavy atom. The lowest BCUT2D eigenvalue weighted by Gasteiger charge is -2.18. The van der Waals surface area contributed by atoms with Crippen molar-refractivity contribution >= 4 is 5.91 Å². The van der Waals surface area contributed by atoms with E-state index in [1.54, 1.807) is 19.3 Å². The summed E-state index contributed by atoms with van der Waals surface area (Å²) in [7, 11) is 0. The van der Waals surface area contributed by atoms with Crippen LogP contribution in [0.25, 0.3) is 0 Å². The van der Waals surface area contributed by atoms with Crippen LogP contribution in [0.1, 0.15) is 28.4 Å². The summed E-state index contributed by atoms with van der Waals surface area (Å²) in [4.78, 5) is 16.0. The number of hydrogen-bond acceptors (Lipinski definition) is 3. The van der Waals surface area contributed by atoms with Crippen molar-refractivity contribution in [1.82, 2.24) is 9.55 Å². The van der Waals surface area contributed by atoms with E-state index in [0.717, 1.165) is 16.9 Å². The SMILES string of the molecule is Cc1cc(C)c(OC(C)C(=O)n2ccnc2)c(C)c1. The molecule has 2 rings (SSSR count). The second-order valence-electron chi connectivity index (χ2n) is 4.80. The first-order valence-corrected chi connectivity index (χ1v) is 6.25. The summed E-state index contributed by atoms with van der Waals surface area (Å²) in [6.45, 7) is 7.78. The predicted octanol–water partition coefficient (Wildman–Crippen LogP) is 2.92. The minimum Gasteiger partial charge on any atom is -0.480 e. The van der Waals surface area contributed by atoms with Crippen LogP contribution in [-0.4, -0.2) is 21.6 Å². The Morgan fingerprint density at radius 1 is 1.26 bits per heavy atom. The minimum absolute atomic E-state index is 0.128. The van der Waals surface area contributed by atoms with Gasteiger partial charge in [-0.1, -0.05) is 17.7 Å². The Morgan fingerprint density at radius 2 is 1.89 bits per heavy atom. The molecule has 19 heavy (non-hydrogen) atoms. The Labute approximate surface area is 113 Å². The van der Waals surface area contributed by atoms with Crippen molar-refractivity contribution in [1.29, 1.82) is 0 Å². The van der Waals surface area contributed by atoms with E-state index >= 15 is 0 Å². The molecule has 0 aliphatic rings. The van der Waals surface area contributed by atoms with Crippen molar-refractivity contribution in [2.24, 2.45) is 0 Å². The molecule has 1 unspecified atom stereocenters. The molecule has 0 spiro atoms. The molecule has 0 fully saturated rings. The average Bonchev–Trinajstić information content (AvgIpc) is 2.86. The molecule has 1 aromatic heterocycles. The van der Waals surface area contributed by atoms with Gasteiger partial charge >= 0.3 is 0 Å². The number of aromatic nitrogens is 2. The van der Waals surface area contributed by atoms with Crippen molar-refractivity contribution in [3.63, 3.8) is 0 Å². The van der Waals surface area contributed by atoms with Crippen molar-refractivity contribution in [3.05, 3.63) is 47.5 Å². The third-order valence-electron chi connectivity index (χ3n) is 3.01. The lowest BCUT2D eigenvalue weighted by molar-refractivity contribution is 0.0725. The van der Waals surface area contributed by atoms with Crippen LogP contribution in [0.3, 0.4) is 0 Å². The molecule has 1 atom stereocenters. The van der Waals surface area contributed by atoms with E-state index in [0.29, 0.717) is 0 Å². The molecule has 0 bridgehead atoms. The number of hydrogen-bond donors (Lipinski definition) is 0. The first-order chi connectivity index (χ1) is 8.99. The molecule has 0 aliphatic carbocycles. The van der Waals surface area contributed by atoms with Crippen LogP contribution in [0, 0.1) is 20.8 Å². The van der Waals surface area contributed by atoms with Gasteiger partial charge in [0.2, 0.25) is 0 Å². The number of rotatable bonds is 3. The van der Waals surface area contributed by atoms with E-state index in [1.165, 1.54) is 16.5 Å². The molecule has 4 nitrogen and oxygen atoms in total. The lowest BCUT2D eigenvalue weighted by atomic mass is 10.1. The van der Waals surface area contributed by atoms with Crippen LogP contribution >= 0.6 is 0 Å². The summed E-state index contributed by atoms with van der Waals surface area (Å²) in [5, 5.41) is 0. The van der Waals surface area contributed by atoms with Gasteiger partial charge in [-0.05, 0) is 38.8 Å². The molecule has 0 saturated carbocycles. The van der Waals surface area contributed by atoms with E-state index < -0.39 is 6.10 Å². The maximum atomic E-state index is 12.1. The maximum absolute atomic E-state index is 12.1. The van der Waals surface area contributed by atoms with Gasteiger partial charge in [-0.15, -0.1) is 0 Å². The highest BCUT2D eigenvalue weighted by Crippen LogP contribution is 2.25. The summed E-state index contributed by atoms with van der Waals surface area (Å²) in [6.07, 6.45) is 4.13. The lowest BCUT2D eigenvalue weighted by Crippen LogP contribution is -2.28. The summed E-state index contributed by atoms with van der Waals surface area (Å²) < 4.78 is 7.25. The summed E-state index contributed by atoms with van der Waals surface area (Å²) in [5.74, 6) is 0.656. The molecular formula is C15H18N2O2. The van der Waals surface area contributed by atoms with Gasteiger partial charge in [0.25, 0.3) is 5.91 Å². The van der Waals surface area contributed by atoms with Crippen LogP contribution in [0.4, 0.5) is 0 Å². The Hall–Kier alpha value is -2.10. The second-order valence-corrected chi connectivity index (χ2v) is 4.80. The fraction of sp³-hybridized carbons (Fsp3) is 0.333. The molecule has 4 heteroatoms. The summed E-state index contributed by atoms with van der Waals surface area (Å²) in [6, 6.07) is 4.10. The highest BCUT2D eigenvalue weighted by atomic mass is 16.5. The smallest absolute Gasteiger partial charge is 0.272 e. The predicted molar refractivity (Wildman–Crippen MR) is 73.6 cm³/mol. The van der Waals surface area contributed by atoms with E-state index in [4.69, 9.17) is 4.74 Å². The van der Waals surface area contributed by atoms with Gasteiger partial charge in [-0.2, -0.15) is 0 Å². The van der Waals surface area contributed by atoms with E-state index in [9.17, 15) is 4.79 Å². The van der Waals surface area contributed by atoms with Gasteiger partial charge in [0.1, 0.15) is 12.1 Å². The topological polar surface area (TPSA) is 44.1 Å². The van der Waals surface area contributed by atoms with E-state index in [-0.39, 0.29) is 5.91 Å². The number of imidazole rings is 1. The number of benzene rings is 1. The van der Waals surface area contributed by atoms with Gasteiger partial charge in [0.15, 0.2) is 6.10 Å². The van der Waals surface area contributed by atoms with Gasteiger partial charge in [-0.25, -0.2) is 4.98 Å². The molecule has 1 heterocycles. The second kappa shape index (κ2) is 5.26. The number of nitrogens with zero attached hydrogens (tertiary/aromatic N) is 2. The summed E-state index contributed by atoms with van der Waals surface area (Å²) >= 11 is 0. The van der Waals surface area contributed by atoms with Gasteiger partial charge in [0, 0.05) is 12.4 Å². The van der Waals surface area contributed by atoms with Crippen LogP contribution < -0.4 is 4.74 Å². The van der Waals surface area contributed by atoms with Gasteiger partial charge < -0.3 is 4.74 Å². The van der Waals surface area contributed by atoms with Crippen molar-refractivity contribution < 1.29 is 9.53 Å². The fourth-order valence-electron chi connectivity index (χ4n) is 2.18. The monoisotopic (exact) mass is 258 g/mol. The largest absolute Gasteiger partial charge is 0.480 e. The van der Waals surface area contributed by atoms with Crippen LogP contribution in [-0.2, 0) is 0 Å². The first-order valence-electron chi connectivity index (χ1n) is 6.25. The number of carbonyl (C=O) groups is 1. The van der Waals surface area contributed by atoms with Crippen LogP contribution in [0.2, 0.25) is 0 Å². The number of carbonyl (C=O) groups excluding carboxylic acids is 1. The molecule has 0 saturated heterocycles. The highest BCUT2D eigenvalue weighted by molar-refractivity contribution is 5.83.